The van der Waals surface area contributed by atoms with E-state index in [1.807, 2.05) is 47.0 Å². The topological polar surface area (TPSA) is 42.5 Å². The predicted molar refractivity (Wildman–Crippen MR) is 103 cm³/mol. The van der Waals surface area contributed by atoms with Crippen molar-refractivity contribution in [3.05, 3.63) is 69.4 Å². The fourth-order valence-corrected chi connectivity index (χ4v) is 3.24. The van der Waals surface area contributed by atoms with Gasteiger partial charge in [0.1, 0.15) is 17.2 Å². The molecule has 0 saturated carbocycles. The van der Waals surface area contributed by atoms with Gasteiger partial charge in [0.25, 0.3) is 0 Å². The van der Waals surface area contributed by atoms with Gasteiger partial charge < -0.3 is 9.73 Å². The first-order valence-electron chi connectivity index (χ1n) is 7.38. The van der Waals surface area contributed by atoms with Gasteiger partial charge in [0.15, 0.2) is 10.4 Å². The zero-order valence-electron chi connectivity index (χ0n) is 12.8. The number of halogens is 2. The first kappa shape index (κ1) is 15.5. The maximum atomic E-state index is 5.73. The Balaban J connectivity index is 1.93. The van der Waals surface area contributed by atoms with E-state index in [0.717, 1.165) is 32.9 Å². The van der Waals surface area contributed by atoms with Gasteiger partial charge in [-0.3, -0.25) is 4.40 Å². The highest BCUT2D eigenvalue weighted by Crippen LogP contribution is 2.34. The van der Waals surface area contributed by atoms with Crippen LogP contribution in [0.25, 0.3) is 17.1 Å². The van der Waals surface area contributed by atoms with Gasteiger partial charge in [-0.15, -0.1) is 0 Å². The lowest BCUT2D eigenvalue weighted by Gasteiger charge is -2.10. The van der Waals surface area contributed by atoms with Crippen LogP contribution in [-0.4, -0.2) is 9.38 Å². The van der Waals surface area contributed by atoms with E-state index >= 15 is 0 Å². The van der Waals surface area contributed by atoms with E-state index in [9.17, 15) is 0 Å². The summed E-state index contributed by atoms with van der Waals surface area (Å²) >= 11 is 6.89. The average Bonchev–Trinajstić information content (AvgIpc) is 3.14. The summed E-state index contributed by atoms with van der Waals surface area (Å²) in [5.74, 6) is 1.57. The molecule has 0 aliphatic rings. The molecule has 3 aromatic heterocycles. The molecule has 24 heavy (non-hydrogen) atoms. The van der Waals surface area contributed by atoms with Crippen LogP contribution < -0.4 is 5.32 Å². The molecule has 4 rings (SSSR count). The molecule has 0 atom stereocenters. The molecule has 1 N–H and O–H groups in total. The monoisotopic (exact) mass is 445 g/mol. The highest BCUT2D eigenvalue weighted by atomic mass is 79.9. The van der Waals surface area contributed by atoms with Crippen LogP contribution in [-0.2, 0) is 0 Å². The van der Waals surface area contributed by atoms with Gasteiger partial charge in [0.2, 0.25) is 0 Å². The van der Waals surface area contributed by atoms with Crippen molar-refractivity contribution < 1.29 is 4.42 Å². The standard InChI is InChI=1S/C18H13Br2N3O/c1-11-4-2-3-5-13(11)21-18-17(14-7-8-15(20)24-14)22-16-9-6-12(19)10-23(16)18/h2-10,21H,1H3. The number of hydrogen-bond acceptors (Lipinski definition) is 3. The van der Waals surface area contributed by atoms with E-state index in [0.29, 0.717) is 10.4 Å². The Labute approximate surface area is 155 Å². The Bertz CT molecular complexity index is 1040. The second kappa shape index (κ2) is 6.11. The Kier molecular flexibility index (Phi) is 3.94. The molecule has 0 bridgehead atoms. The number of imidazole rings is 1. The molecule has 0 fully saturated rings. The van der Waals surface area contributed by atoms with Crippen LogP contribution in [0, 0.1) is 6.92 Å². The van der Waals surface area contributed by atoms with Gasteiger partial charge in [-0.05, 0) is 74.7 Å². The number of nitrogens with zero attached hydrogens (tertiary/aromatic N) is 2. The van der Waals surface area contributed by atoms with Crippen molar-refractivity contribution in [1.29, 1.82) is 0 Å². The molecule has 0 unspecified atom stereocenters. The van der Waals surface area contributed by atoms with Crippen LogP contribution in [0.5, 0.6) is 0 Å². The van der Waals surface area contributed by atoms with Crippen LogP contribution in [0.1, 0.15) is 5.56 Å². The second-order valence-corrected chi connectivity index (χ2v) is 7.13. The average molecular weight is 447 g/mol. The zero-order valence-corrected chi connectivity index (χ0v) is 15.9. The largest absolute Gasteiger partial charge is 0.448 e. The van der Waals surface area contributed by atoms with E-state index in [4.69, 9.17) is 9.40 Å². The minimum absolute atomic E-state index is 0.678. The van der Waals surface area contributed by atoms with Gasteiger partial charge in [-0.2, -0.15) is 0 Å². The SMILES string of the molecule is Cc1ccccc1Nc1c(-c2ccc(Br)o2)nc2ccc(Br)cn12. The number of nitrogens with one attached hydrogen (secondary N) is 1. The van der Waals surface area contributed by atoms with Crippen LogP contribution in [0.15, 0.2) is 68.3 Å². The van der Waals surface area contributed by atoms with Crippen molar-refractivity contribution in [1.82, 2.24) is 9.38 Å². The van der Waals surface area contributed by atoms with Crippen LogP contribution in [0.3, 0.4) is 0 Å². The fraction of sp³-hybridized carbons (Fsp3) is 0.0556. The molecule has 0 radical (unpaired) electrons. The second-order valence-electron chi connectivity index (χ2n) is 5.43. The molecule has 0 aliphatic carbocycles. The summed E-state index contributed by atoms with van der Waals surface area (Å²) in [5.41, 5.74) is 3.80. The van der Waals surface area contributed by atoms with Gasteiger partial charge in [0.05, 0.1) is 0 Å². The molecule has 4 nitrogen and oxygen atoms in total. The maximum Gasteiger partial charge on any atom is 0.169 e. The molecule has 0 amide bonds. The molecule has 0 saturated heterocycles. The van der Waals surface area contributed by atoms with E-state index < -0.39 is 0 Å². The number of hydrogen-bond donors (Lipinski definition) is 1. The molecule has 1 aromatic carbocycles. The third-order valence-electron chi connectivity index (χ3n) is 3.79. The molecular formula is C18H13Br2N3O. The number of aromatic nitrogens is 2. The summed E-state index contributed by atoms with van der Waals surface area (Å²) in [5, 5.41) is 3.50. The number of benzene rings is 1. The quantitative estimate of drug-likeness (QED) is 0.409. The van der Waals surface area contributed by atoms with E-state index in [1.165, 1.54) is 0 Å². The van der Waals surface area contributed by atoms with Crippen molar-refractivity contribution in [2.45, 2.75) is 6.92 Å². The van der Waals surface area contributed by atoms with Crippen molar-refractivity contribution in [3.8, 4) is 11.5 Å². The van der Waals surface area contributed by atoms with Gasteiger partial charge in [-0.25, -0.2) is 4.98 Å². The number of para-hydroxylation sites is 1. The first-order chi connectivity index (χ1) is 11.6. The van der Waals surface area contributed by atoms with Crippen molar-refractivity contribution in [3.63, 3.8) is 0 Å². The molecule has 3 heterocycles. The molecule has 6 heteroatoms. The molecule has 4 aromatic rings. The number of furan rings is 1. The van der Waals surface area contributed by atoms with E-state index in [1.54, 1.807) is 0 Å². The minimum Gasteiger partial charge on any atom is -0.448 e. The van der Waals surface area contributed by atoms with Gasteiger partial charge in [0, 0.05) is 16.4 Å². The first-order valence-corrected chi connectivity index (χ1v) is 8.96. The van der Waals surface area contributed by atoms with Crippen LogP contribution in [0.4, 0.5) is 11.5 Å². The van der Waals surface area contributed by atoms with E-state index in [-0.39, 0.29) is 0 Å². The lowest BCUT2D eigenvalue weighted by Crippen LogP contribution is -1.98. The molecular weight excluding hydrogens is 434 g/mol. The number of pyridine rings is 1. The third-order valence-corrected chi connectivity index (χ3v) is 4.68. The third kappa shape index (κ3) is 2.76. The summed E-state index contributed by atoms with van der Waals surface area (Å²) in [6, 6.07) is 15.9. The van der Waals surface area contributed by atoms with Gasteiger partial charge in [-0.1, -0.05) is 18.2 Å². The Hall–Kier alpha value is -2.05. The van der Waals surface area contributed by atoms with Crippen molar-refractivity contribution in [2.75, 3.05) is 5.32 Å². The number of aryl methyl sites for hydroxylation is 1. The lowest BCUT2D eigenvalue weighted by molar-refractivity contribution is 0.554. The molecule has 0 aliphatic heterocycles. The van der Waals surface area contributed by atoms with E-state index in [2.05, 4.69) is 56.2 Å². The van der Waals surface area contributed by atoms with Crippen LogP contribution >= 0.6 is 31.9 Å². The van der Waals surface area contributed by atoms with Gasteiger partial charge >= 0.3 is 0 Å². The fourth-order valence-electron chi connectivity index (χ4n) is 2.59. The predicted octanol–water partition coefficient (Wildman–Crippen LogP) is 6.17. The normalized spacial score (nSPS) is 11.1. The molecule has 120 valence electrons. The maximum absolute atomic E-state index is 5.73. The Morgan fingerprint density at radius 2 is 1.88 bits per heavy atom. The smallest absolute Gasteiger partial charge is 0.169 e. The Morgan fingerprint density at radius 3 is 2.62 bits per heavy atom. The summed E-state index contributed by atoms with van der Waals surface area (Å²) in [6.45, 7) is 2.07. The lowest BCUT2D eigenvalue weighted by atomic mass is 10.2. The summed E-state index contributed by atoms with van der Waals surface area (Å²) in [7, 11) is 0. The van der Waals surface area contributed by atoms with Crippen molar-refractivity contribution >= 4 is 49.0 Å². The summed E-state index contributed by atoms with van der Waals surface area (Å²) < 4.78 is 9.40. The highest BCUT2D eigenvalue weighted by molar-refractivity contribution is 9.10. The Morgan fingerprint density at radius 1 is 1.04 bits per heavy atom. The number of anilines is 2. The summed E-state index contributed by atoms with van der Waals surface area (Å²) in [4.78, 5) is 4.73. The zero-order chi connectivity index (χ0) is 16.7. The highest BCUT2D eigenvalue weighted by Gasteiger charge is 2.18. The summed E-state index contributed by atoms with van der Waals surface area (Å²) in [6.07, 6.45) is 1.99. The molecule has 0 spiro atoms. The van der Waals surface area contributed by atoms with Crippen LogP contribution in [0.2, 0.25) is 0 Å². The minimum atomic E-state index is 0.678. The van der Waals surface area contributed by atoms with Crippen molar-refractivity contribution in [2.24, 2.45) is 0 Å². The number of rotatable bonds is 3. The number of fused-ring (bicyclic) bond motifs is 1.